The van der Waals surface area contributed by atoms with Crippen molar-refractivity contribution in [3.63, 3.8) is 0 Å². The zero-order valence-electron chi connectivity index (χ0n) is 12.2. The van der Waals surface area contributed by atoms with Crippen molar-refractivity contribution < 1.29 is 4.79 Å². The molecule has 3 rings (SSSR count). The summed E-state index contributed by atoms with van der Waals surface area (Å²) in [5.41, 5.74) is 2.81. The number of amides is 2. The van der Waals surface area contributed by atoms with Gasteiger partial charge in [0, 0.05) is 10.6 Å². The van der Waals surface area contributed by atoms with Gasteiger partial charge in [-0.3, -0.25) is 5.32 Å². The minimum absolute atomic E-state index is 0.284. The molecular formula is C16H15N3OS2. The summed E-state index contributed by atoms with van der Waals surface area (Å²) < 4.78 is 1.07. The van der Waals surface area contributed by atoms with E-state index in [-0.39, 0.29) is 6.03 Å². The van der Waals surface area contributed by atoms with Gasteiger partial charge in [-0.15, -0.1) is 11.8 Å². The number of rotatable bonds is 3. The van der Waals surface area contributed by atoms with E-state index >= 15 is 0 Å². The first-order valence-electron chi connectivity index (χ1n) is 6.73. The van der Waals surface area contributed by atoms with Crippen molar-refractivity contribution >= 4 is 50.2 Å². The second kappa shape index (κ2) is 6.37. The summed E-state index contributed by atoms with van der Waals surface area (Å²) in [6, 6.07) is 13.5. The first-order valence-corrected chi connectivity index (χ1v) is 8.77. The summed E-state index contributed by atoms with van der Waals surface area (Å²) in [5.74, 6) is 0. The molecule has 0 aliphatic carbocycles. The maximum atomic E-state index is 12.0. The molecule has 0 saturated heterocycles. The van der Waals surface area contributed by atoms with Gasteiger partial charge in [0.15, 0.2) is 5.13 Å². The second-order valence-corrected chi connectivity index (χ2v) is 6.71. The van der Waals surface area contributed by atoms with Gasteiger partial charge in [-0.1, -0.05) is 29.0 Å². The van der Waals surface area contributed by atoms with Crippen molar-refractivity contribution in [2.24, 2.45) is 0 Å². The molecule has 2 amide bonds. The minimum Gasteiger partial charge on any atom is -0.308 e. The molecule has 1 heterocycles. The van der Waals surface area contributed by atoms with Crippen molar-refractivity contribution in [2.45, 2.75) is 11.8 Å². The summed E-state index contributed by atoms with van der Waals surface area (Å²) in [7, 11) is 0. The first kappa shape index (κ1) is 14.9. The Labute approximate surface area is 137 Å². The average Bonchev–Trinajstić information content (AvgIpc) is 2.90. The fraction of sp³-hybridized carbons (Fsp3) is 0.125. The quantitative estimate of drug-likeness (QED) is 0.667. The highest BCUT2D eigenvalue weighted by Crippen LogP contribution is 2.29. The zero-order chi connectivity index (χ0) is 15.5. The number of aromatic nitrogens is 1. The molecule has 0 aliphatic rings. The lowest BCUT2D eigenvalue weighted by atomic mass is 10.2. The number of carbonyl (C=O) groups excluding carboxylic acids is 1. The van der Waals surface area contributed by atoms with E-state index in [0.29, 0.717) is 5.13 Å². The Balaban J connectivity index is 1.72. The summed E-state index contributed by atoms with van der Waals surface area (Å²) in [4.78, 5) is 17.6. The molecule has 1 aromatic heterocycles. The van der Waals surface area contributed by atoms with E-state index in [1.54, 1.807) is 11.8 Å². The predicted octanol–water partition coefficient (Wildman–Crippen LogP) is 4.97. The maximum absolute atomic E-state index is 12.0. The third-order valence-corrected chi connectivity index (χ3v) is 4.78. The van der Waals surface area contributed by atoms with Gasteiger partial charge < -0.3 is 5.32 Å². The van der Waals surface area contributed by atoms with Crippen LogP contribution in [0.3, 0.4) is 0 Å². The Bertz CT molecular complexity index is 812. The summed E-state index contributed by atoms with van der Waals surface area (Å²) >= 11 is 3.16. The fourth-order valence-electron chi connectivity index (χ4n) is 1.98. The van der Waals surface area contributed by atoms with Crippen molar-refractivity contribution in [3.8, 4) is 0 Å². The van der Waals surface area contributed by atoms with Gasteiger partial charge in [-0.2, -0.15) is 0 Å². The third-order valence-electron chi connectivity index (χ3n) is 3.13. The standard InChI is InChI=1S/C16H15N3OS2/c1-10-3-5-11(6-4-10)17-15(20)19-16-18-13-8-7-12(21-2)9-14(13)22-16/h3-9H,1-2H3,(H2,17,18,19,20). The number of hydrogen-bond acceptors (Lipinski definition) is 4. The molecule has 22 heavy (non-hydrogen) atoms. The number of nitrogens with one attached hydrogen (secondary N) is 2. The Morgan fingerprint density at radius 3 is 2.64 bits per heavy atom. The molecule has 112 valence electrons. The Morgan fingerprint density at radius 2 is 1.91 bits per heavy atom. The van der Waals surface area contributed by atoms with Crippen LogP contribution in [0.15, 0.2) is 47.4 Å². The Kier molecular flexibility index (Phi) is 4.31. The number of fused-ring (bicyclic) bond motifs is 1. The highest BCUT2D eigenvalue weighted by atomic mass is 32.2. The van der Waals surface area contributed by atoms with Crippen molar-refractivity contribution in [3.05, 3.63) is 48.0 Å². The van der Waals surface area contributed by atoms with Crippen molar-refractivity contribution in [2.75, 3.05) is 16.9 Å². The van der Waals surface area contributed by atoms with Crippen LogP contribution in [-0.2, 0) is 0 Å². The van der Waals surface area contributed by atoms with E-state index < -0.39 is 0 Å². The number of thioether (sulfide) groups is 1. The van der Waals surface area contributed by atoms with Crippen LogP contribution in [0, 0.1) is 6.92 Å². The van der Waals surface area contributed by atoms with Gasteiger partial charge >= 0.3 is 6.03 Å². The molecule has 2 N–H and O–H groups in total. The summed E-state index contributed by atoms with van der Waals surface area (Å²) in [6.07, 6.45) is 2.04. The number of anilines is 2. The zero-order valence-corrected chi connectivity index (χ0v) is 13.8. The van der Waals surface area contributed by atoms with Gasteiger partial charge in [0.05, 0.1) is 10.2 Å². The van der Waals surface area contributed by atoms with E-state index in [0.717, 1.165) is 21.5 Å². The van der Waals surface area contributed by atoms with Crippen LogP contribution in [0.5, 0.6) is 0 Å². The van der Waals surface area contributed by atoms with Crippen molar-refractivity contribution in [1.29, 1.82) is 0 Å². The molecule has 3 aromatic rings. The number of aryl methyl sites for hydroxylation is 1. The molecule has 0 unspecified atom stereocenters. The Morgan fingerprint density at radius 1 is 1.14 bits per heavy atom. The van der Waals surface area contributed by atoms with Crippen molar-refractivity contribution in [1.82, 2.24) is 4.98 Å². The molecule has 0 atom stereocenters. The average molecular weight is 329 g/mol. The normalized spacial score (nSPS) is 10.6. The van der Waals surface area contributed by atoms with Gasteiger partial charge in [0.25, 0.3) is 0 Å². The molecule has 0 aliphatic heterocycles. The van der Waals surface area contributed by atoms with Crippen LogP contribution >= 0.6 is 23.1 Å². The molecule has 4 nitrogen and oxygen atoms in total. The van der Waals surface area contributed by atoms with E-state index in [4.69, 9.17) is 0 Å². The molecule has 6 heteroatoms. The first-order chi connectivity index (χ1) is 10.6. The molecule has 2 aromatic carbocycles. The lowest BCUT2D eigenvalue weighted by Gasteiger charge is -2.05. The van der Waals surface area contributed by atoms with Crippen LogP contribution in [-0.4, -0.2) is 17.3 Å². The van der Waals surface area contributed by atoms with Gasteiger partial charge in [-0.25, -0.2) is 9.78 Å². The van der Waals surface area contributed by atoms with E-state index in [1.807, 2.05) is 49.6 Å². The number of thiazole rings is 1. The van der Waals surface area contributed by atoms with Gasteiger partial charge in [0.1, 0.15) is 0 Å². The summed E-state index contributed by atoms with van der Waals surface area (Å²) in [5, 5.41) is 6.17. The highest BCUT2D eigenvalue weighted by Gasteiger charge is 2.08. The fourth-order valence-corrected chi connectivity index (χ4v) is 3.40. The summed E-state index contributed by atoms with van der Waals surface area (Å²) in [6.45, 7) is 2.01. The van der Waals surface area contributed by atoms with E-state index in [2.05, 4.69) is 21.7 Å². The Hall–Kier alpha value is -2.05. The van der Waals surface area contributed by atoms with Crippen LogP contribution in [0.1, 0.15) is 5.56 Å². The predicted molar refractivity (Wildman–Crippen MR) is 95.2 cm³/mol. The third kappa shape index (κ3) is 3.40. The number of hydrogen-bond donors (Lipinski definition) is 2. The molecule has 0 saturated carbocycles. The molecular weight excluding hydrogens is 314 g/mol. The number of urea groups is 1. The van der Waals surface area contributed by atoms with Crippen LogP contribution < -0.4 is 10.6 Å². The number of benzene rings is 2. The van der Waals surface area contributed by atoms with Gasteiger partial charge in [-0.05, 0) is 43.5 Å². The topological polar surface area (TPSA) is 54.0 Å². The molecule has 0 fully saturated rings. The minimum atomic E-state index is -0.284. The van der Waals surface area contributed by atoms with Crippen LogP contribution in [0.25, 0.3) is 10.2 Å². The van der Waals surface area contributed by atoms with Gasteiger partial charge in [0.2, 0.25) is 0 Å². The molecule has 0 radical (unpaired) electrons. The lowest BCUT2D eigenvalue weighted by molar-refractivity contribution is 0.262. The van der Waals surface area contributed by atoms with Crippen LogP contribution in [0.2, 0.25) is 0 Å². The highest BCUT2D eigenvalue weighted by molar-refractivity contribution is 7.98. The molecule has 0 bridgehead atoms. The number of nitrogens with zero attached hydrogens (tertiary/aromatic N) is 1. The SMILES string of the molecule is CSc1ccc2nc(NC(=O)Nc3ccc(C)cc3)sc2c1. The number of carbonyl (C=O) groups is 1. The molecule has 0 spiro atoms. The smallest absolute Gasteiger partial charge is 0.308 e. The second-order valence-electron chi connectivity index (χ2n) is 4.80. The van der Waals surface area contributed by atoms with Crippen LogP contribution in [0.4, 0.5) is 15.6 Å². The largest absolute Gasteiger partial charge is 0.325 e. The maximum Gasteiger partial charge on any atom is 0.325 e. The monoisotopic (exact) mass is 329 g/mol. The van der Waals surface area contributed by atoms with E-state index in [9.17, 15) is 4.79 Å². The lowest BCUT2D eigenvalue weighted by Crippen LogP contribution is -2.19. The van der Waals surface area contributed by atoms with E-state index in [1.165, 1.54) is 16.2 Å².